The normalized spacial score (nSPS) is 15.3. The van der Waals surface area contributed by atoms with Crippen LogP contribution in [-0.4, -0.2) is 26.2 Å². The molecule has 0 unspecified atom stereocenters. The van der Waals surface area contributed by atoms with Gasteiger partial charge in [0.25, 0.3) is 0 Å². The van der Waals surface area contributed by atoms with Gasteiger partial charge >= 0.3 is 0 Å². The Morgan fingerprint density at radius 2 is 1.48 bits per heavy atom. The third-order valence-electron chi connectivity index (χ3n) is 4.53. The maximum atomic E-state index is 6.34. The van der Waals surface area contributed by atoms with Gasteiger partial charge in [0.2, 0.25) is 0 Å². The Balaban J connectivity index is 1.75. The molecule has 3 nitrogen and oxygen atoms in total. The van der Waals surface area contributed by atoms with Crippen molar-refractivity contribution in [3.63, 3.8) is 0 Å². The molecule has 1 aliphatic heterocycles. The summed E-state index contributed by atoms with van der Waals surface area (Å²) in [6.45, 7) is 8.32. The number of anilines is 3. The average molecular weight is 330 g/mol. The topological polar surface area (TPSA) is 32.5 Å². The van der Waals surface area contributed by atoms with E-state index in [4.69, 9.17) is 17.3 Å². The Morgan fingerprint density at radius 1 is 0.913 bits per heavy atom. The number of benzene rings is 2. The first kappa shape index (κ1) is 16.0. The smallest absolute Gasteiger partial charge is 0.0658 e. The van der Waals surface area contributed by atoms with Crippen LogP contribution < -0.4 is 15.5 Å². The zero-order valence-corrected chi connectivity index (χ0v) is 14.6. The van der Waals surface area contributed by atoms with Crippen molar-refractivity contribution in [2.45, 2.75) is 19.8 Å². The van der Waals surface area contributed by atoms with Crippen LogP contribution in [0.25, 0.3) is 0 Å². The van der Waals surface area contributed by atoms with Crippen LogP contribution in [0.3, 0.4) is 0 Å². The molecule has 1 saturated heterocycles. The van der Waals surface area contributed by atoms with Gasteiger partial charge < -0.3 is 15.5 Å². The summed E-state index contributed by atoms with van der Waals surface area (Å²) < 4.78 is 0. The molecule has 0 aromatic heterocycles. The van der Waals surface area contributed by atoms with E-state index in [1.807, 2.05) is 6.07 Å². The number of halogens is 1. The van der Waals surface area contributed by atoms with Crippen molar-refractivity contribution in [2.24, 2.45) is 0 Å². The molecule has 2 N–H and O–H groups in total. The minimum atomic E-state index is 0.373. The van der Waals surface area contributed by atoms with Gasteiger partial charge in [0, 0.05) is 37.6 Å². The number of hydrogen-bond acceptors (Lipinski definition) is 3. The van der Waals surface area contributed by atoms with Gasteiger partial charge in [0.05, 0.1) is 10.7 Å². The van der Waals surface area contributed by atoms with Gasteiger partial charge in [-0.1, -0.05) is 43.6 Å². The second-order valence-corrected chi connectivity index (χ2v) is 6.80. The van der Waals surface area contributed by atoms with Gasteiger partial charge in [0.15, 0.2) is 0 Å². The molecule has 0 bridgehead atoms. The fraction of sp³-hybridized carbons (Fsp3) is 0.368. The first-order valence-electron chi connectivity index (χ1n) is 8.20. The Kier molecular flexibility index (Phi) is 4.67. The third-order valence-corrected chi connectivity index (χ3v) is 4.85. The molecule has 0 radical (unpaired) electrons. The van der Waals surface area contributed by atoms with E-state index < -0.39 is 0 Å². The highest BCUT2D eigenvalue weighted by Crippen LogP contribution is 2.34. The summed E-state index contributed by atoms with van der Waals surface area (Å²) in [5.74, 6) is 0.373. The summed E-state index contributed by atoms with van der Waals surface area (Å²) >= 11 is 6.34. The first-order chi connectivity index (χ1) is 11.1. The van der Waals surface area contributed by atoms with Gasteiger partial charge in [-0.05, 0) is 35.7 Å². The number of hydrogen-bond donors (Lipinski definition) is 1. The second kappa shape index (κ2) is 6.71. The molecule has 23 heavy (non-hydrogen) atoms. The molecule has 0 saturated carbocycles. The van der Waals surface area contributed by atoms with E-state index in [0.29, 0.717) is 16.6 Å². The number of nitrogens with zero attached hydrogens (tertiary/aromatic N) is 2. The highest BCUT2D eigenvalue weighted by molar-refractivity contribution is 6.33. The third kappa shape index (κ3) is 3.40. The van der Waals surface area contributed by atoms with Crippen LogP contribution in [0.2, 0.25) is 5.02 Å². The summed E-state index contributed by atoms with van der Waals surface area (Å²) in [6, 6.07) is 14.8. The summed E-state index contributed by atoms with van der Waals surface area (Å²) in [4.78, 5) is 4.83. The molecular weight excluding hydrogens is 306 g/mol. The summed E-state index contributed by atoms with van der Waals surface area (Å²) in [6.07, 6.45) is 0. The van der Waals surface area contributed by atoms with Crippen molar-refractivity contribution < 1.29 is 0 Å². The number of para-hydroxylation sites is 1. The molecule has 1 fully saturated rings. The van der Waals surface area contributed by atoms with Gasteiger partial charge in [-0.25, -0.2) is 0 Å². The molecule has 1 aliphatic rings. The molecule has 0 aliphatic carbocycles. The molecular formula is C19H24ClN3. The Labute approximate surface area is 143 Å². The Bertz CT molecular complexity index is 662. The van der Waals surface area contributed by atoms with Crippen molar-refractivity contribution in [1.82, 2.24) is 0 Å². The molecule has 0 spiro atoms. The van der Waals surface area contributed by atoms with Crippen LogP contribution in [0.4, 0.5) is 17.1 Å². The van der Waals surface area contributed by atoms with Crippen molar-refractivity contribution in [1.29, 1.82) is 0 Å². The molecule has 3 rings (SSSR count). The minimum absolute atomic E-state index is 0.373. The first-order valence-corrected chi connectivity index (χ1v) is 8.58. The predicted molar refractivity (Wildman–Crippen MR) is 101 cm³/mol. The van der Waals surface area contributed by atoms with Crippen LogP contribution >= 0.6 is 11.6 Å². The van der Waals surface area contributed by atoms with Gasteiger partial charge in [0.1, 0.15) is 0 Å². The van der Waals surface area contributed by atoms with Crippen LogP contribution in [0.15, 0.2) is 42.5 Å². The molecule has 0 amide bonds. The van der Waals surface area contributed by atoms with E-state index in [1.54, 1.807) is 0 Å². The molecule has 2 aromatic carbocycles. The van der Waals surface area contributed by atoms with Gasteiger partial charge in [-0.2, -0.15) is 0 Å². The van der Waals surface area contributed by atoms with Crippen molar-refractivity contribution in [2.75, 3.05) is 41.7 Å². The van der Waals surface area contributed by atoms with Crippen LogP contribution in [0.5, 0.6) is 0 Å². The van der Waals surface area contributed by atoms with Gasteiger partial charge in [-0.15, -0.1) is 0 Å². The minimum Gasteiger partial charge on any atom is -0.397 e. The zero-order valence-electron chi connectivity index (χ0n) is 13.8. The molecule has 2 aromatic rings. The summed E-state index contributed by atoms with van der Waals surface area (Å²) in [5, 5.41) is 0.664. The zero-order chi connectivity index (χ0) is 16.4. The van der Waals surface area contributed by atoms with Crippen LogP contribution in [0.1, 0.15) is 25.3 Å². The monoisotopic (exact) mass is 329 g/mol. The number of rotatable bonds is 3. The van der Waals surface area contributed by atoms with E-state index >= 15 is 0 Å². The maximum absolute atomic E-state index is 6.34. The number of piperazine rings is 1. The Hall–Kier alpha value is -1.87. The highest BCUT2D eigenvalue weighted by atomic mass is 35.5. The largest absolute Gasteiger partial charge is 0.397 e. The molecule has 122 valence electrons. The molecule has 1 heterocycles. The molecule has 0 atom stereocenters. The average Bonchev–Trinajstić information content (AvgIpc) is 2.58. The summed E-state index contributed by atoms with van der Waals surface area (Å²) in [5.41, 5.74) is 10.5. The van der Waals surface area contributed by atoms with E-state index in [0.717, 1.165) is 31.7 Å². The van der Waals surface area contributed by atoms with Gasteiger partial charge in [-0.3, -0.25) is 0 Å². The predicted octanol–water partition coefficient (Wildman–Crippen LogP) is 4.37. The lowest BCUT2D eigenvalue weighted by Gasteiger charge is -2.37. The number of nitrogen functional groups attached to an aromatic ring is 1. The highest BCUT2D eigenvalue weighted by Gasteiger charge is 2.19. The van der Waals surface area contributed by atoms with Crippen molar-refractivity contribution >= 4 is 28.7 Å². The van der Waals surface area contributed by atoms with E-state index in [-0.39, 0.29) is 0 Å². The quantitative estimate of drug-likeness (QED) is 0.848. The van der Waals surface area contributed by atoms with E-state index in [9.17, 15) is 0 Å². The van der Waals surface area contributed by atoms with Crippen molar-refractivity contribution in [3.8, 4) is 0 Å². The fourth-order valence-electron chi connectivity index (χ4n) is 3.15. The standard InChI is InChI=1S/C19H24ClN3/c1-14(2)17-12-16(13-18(20)19(17)21)23-10-8-22(9-11-23)15-6-4-3-5-7-15/h3-7,12-14H,8-11,21H2,1-2H3. The SMILES string of the molecule is CC(C)c1cc(N2CCN(c3ccccc3)CC2)cc(Cl)c1N. The fourth-order valence-corrected chi connectivity index (χ4v) is 3.37. The Morgan fingerprint density at radius 3 is 2.04 bits per heavy atom. The van der Waals surface area contributed by atoms with E-state index in [1.165, 1.54) is 11.4 Å². The number of nitrogens with two attached hydrogens (primary N) is 1. The lowest BCUT2D eigenvalue weighted by molar-refractivity contribution is 0.653. The lowest BCUT2D eigenvalue weighted by Crippen LogP contribution is -2.46. The maximum Gasteiger partial charge on any atom is 0.0658 e. The second-order valence-electron chi connectivity index (χ2n) is 6.39. The van der Waals surface area contributed by atoms with Crippen LogP contribution in [-0.2, 0) is 0 Å². The van der Waals surface area contributed by atoms with Crippen LogP contribution in [0, 0.1) is 0 Å². The van der Waals surface area contributed by atoms with E-state index in [2.05, 4.69) is 60.0 Å². The summed E-state index contributed by atoms with van der Waals surface area (Å²) in [7, 11) is 0. The molecule has 4 heteroatoms. The lowest BCUT2D eigenvalue weighted by atomic mass is 10.00. The van der Waals surface area contributed by atoms with Crippen molar-refractivity contribution in [3.05, 3.63) is 53.1 Å².